The molecule has 1 aliphatic rings. The van der Waals surface area contributed by atoms with Gasteiger partial charge in [-0.2, -0.15) is 0 Å². The van der Waals surface area contributed by atoms with Crippen molar-refractivity contribution in [2.45, 2.75) is 45.3 Å². The molecule has 3 rings (SSSR count). The summed E-state index contributed by atoms with van der Waals surface area (Å²) in [7, 11) is -3.58. The van der Waals surface area contributed by atoms with Crippen LogP contribution in [0.4, 0.5) is 5.69 Å². The summed E-state index contributed by atoms with van der Waals surface area (Å²) < 4.78 is 27.4. The monoisotopic (exact) mass is 482 g/mol. The van der Waals surface area contributed by atoms with Crippen molar-refractivity contribution in [3.8, 4) is 0 Å². The number of piperidine rings is 1. The van der Waals surface area contributed by atoms with E-state index >= 15 is 0 Å². The molecule has 2 aromatic carbocycles. The third kappa shape index (κ3) is 5.80. The van der Waals surface area contributed by atoms with Gasteiger partial charge in [-0.25, -0.2) is 12.7 Å². The van der Waals surface area contributed by atoms with Crippen molar-refractivity contribution in [3.63, 3.8) is 0 Å². The lowest BCUT2D eigenvalue weighted by molar-refractivity contribution is -0.120. The molecule has 0 unspecified atom stereocenters. The van der Waals surface area contributed by atoms with Crippen molar-refractivity contribution < 1.29 is 13.2 Å². The molecule has 1 aliphatic heterocycles. The molecule has 31 heavy (non-hydrogen) atoms. The zero-order valence-electron chi connectivity index (χ0n) is 18.0. The molecule has 0 bridgehead atoms. The van der Waals surface area contributed by atoms with E-state index in [-0.39, 0.29) is 24.1 Å². The van der Waals surface area contributed by atoms with Crippen LogP contribution in [0.25, 0.3) is 0 Å². The van der Waals surface area contributed by atoms with Crippen LogP contribution in [-0.2, 0) is 20.6 Å². The summed E-state index contributed by atoms with van der Waals surface area (Å²) in [6.07, 6.45) is 1.30. The first-order chi connectivity index (χ1) is 14.6. The Morgan fingerprint density at radius 2 is 1.94 bits per heavy atom. The molecule has 1 atom stereocenters. The molecule has 1 saturated heterocycles. The third-order valence-corrected chi connectivity index (χ3v) is 8.21. The largest absolute Gasteiger partial charge is 0.325 e. The molecule has 0 aliphatic carbocycles. The molecule has 2 aromatic rings. The number of nitrogens with zero attached hydrogens (tertiary/aromatic N) is 1. The maximum Gasteiger partial charge on any atom is 0.228 e. The Balaban J connectivity index is 1.73. The summed E-state index contributed by atoms with van der Waals surface area (Å²) in [6, 6.07) is 10.8. The van der Waals surface area contributed by atoms with Crippen LogP contribution in [-0.4, -0.2) is 31.7 Å². The van der Waals surface area contributed by atoms with Crippen LogP contribution in [0.3, 0.4) is 0 Å². The Bertz CT molecular complexity index is 1070. The highest BCUT2D eigenvalue weighted by Gasteiger charge is 2.33. The minimum absolute atomic E-state index is 0.134. The van der Waals surface area contributed by atoms with Gasteiger partial charge in [0.2, 0.25) is 15.9 Å². The standard InChI is InChI=1S/C23H28Cl2N2O3S/c1-15(2)19-8-4-6-16(3)22(19)26-23(28)18-7-5-11-27(13-18)31(29,30)14-17-9-10-20(24)21(25)12-17/h4,6,8-10,12,15,18H,5,7,11,13-14H2,1-3H3,(H,26,28)/t18-/m0/s1. The highest BCUT2D eigenvalue weighted by atomic mass is 35.5. The first-order valence-corrected chi connectivity index (χ1v) is 12.8. The predicted octanol–water partition coefficient (Wildman–Crippen LogP) is 5.61. The maximum absolute atomic E-state index is 13.0. The lowest BCUT2D eigenvalue weighted by atomic mass is 9.95. The highest BCUT2D eigenvalue weighted by molar-refractivity contribution is 7.88. The van der Waals surface area contributed by atoms with E-state index in [1.807, 2.05) is 25.1 Å². The average molecular weight is 483 g/mol. The molecule has 1 amide bonds. The lowest BCUT2D eigenvalue weighted by Crippen LogP contribution is -2.44. The van der Waals surface area contributed by atoms with Gasteiger partial charge in [0.1, 0.15) is 0 Å². The van der Waals surface area contributed by atoms with E-state index in [4.69, 9.17) is 23.2 Å². The molecule has 168 valence electrons. The number of anilines is 1. The van der Waals surface area contributed by atoms with Gasteiger partial charge in [0, 0.05) is 18.8 Å². The quantitative estimate of drug-likeness (QED) is 0.581. The SMILES string of the molecule is Cc1cccc(C(C)C)c1NC(=O)[C@H]1CCCN(S(=O)(=O)Cc2ccc(Cl)c(Cl)c2)C1. The number of benzene rings is 2. The van der Waals surface area contributed by atoms with Gasteiger partial charge in [-0.1, -0.05) is 61.3 Å². The zero-order chi connectivity index (χ0) is 22.8. The van der Waals surface area contributed by atoms with Crippen LogP contribution in [0.1, 0.15) is 49.3 Å². The molecule has 0 spiro atoms. The van der Waals surface area contributed by atoms with Gasteiger partial charge in [0.05, 0.1) is 21.7 Å². The molecule has 1 heterocycles. The number of halogens is 2. The number of aryl methyl sites for hydroxylation is 1. The molecule has 1 N–H and O–H groups in total. The Morgan fingerprint density at radius 3 is 2.61 bits per heavy atom. The second-order valence-electron chi connectivity index (χ2n) is 8.38. The molecule has 0 radical (unpaired) electrons. The summed E-state index contributed by atoms with van der Waals surface area (Å²) in [5.74, 6) is -0.430. The number of sulfonamides is 1. The fourth-order valence-electron chi connectivity index (χ4n) is 3.91. The Kier molecular flexibility index (Phi) is 7.68. The fraction of sp³-hybridized carbons (Fsp3) is 0.435. The summed E-state index contributed by atoms with van der Waals surface area (Å²) in [5, 5.41) is 3.78. The predicted molar refractivity (Wildman–Crippen MR) is 127 cm³/mol. The zero-order valence-corrected chi connectivity index (χ0v) is 20.3. The summed E-state index contributed by atoms with van der Waals surface area (Å²) in [4.78, 5) is 13.0. The van der Waals surface area contributed by atoms with E-state index in [9.17, 15) is 13.2 Å². The van der Waals surface area contributed by atoms with Gasteiger partial charge in [-0.15, -0.1) is 0 Å². The van der Waals surface area contributed by atoms with Gasteiger partial charge in [0.25, 0.3) is 0 Å². The Labute approximate surface area is 194 Å². The second kappa shape index (κ2) is 9.90. The second-order valence-corrected chi connectivity index (χ2v) is 11.2. The number of para-hydroxylation sites is 1. The van der Waals surface area contributed by atoms with E-state index in [0.717, 1.165) is 16.8 Å². The molecule has 1 fully saturated rings. The molecular weight excluding hydrogens is 455 g/mol. The van der Waals surface area contributed by atoms with Crippen LogP contribution in [0, 0.1) is 12.8 Å². The molecule has 0 aromatic heterocycles. The Hall–Kier alpha value is -1.60. The fourth-order valence-corrected chi connectivity index (χ4v) is 5.83. The van der Waals surface area contributed by atoms with Crippen molar-refractivity contribution in [2.75, 3.05) is 18.4 Å². The van der Waals surface area contributed by atoms with Gasteiger partial charge < -0.3 is 5.32 Å². The maximum atomic E-state index is 13.0. The summed E-state index contributed by atoms with van der Waals surface area (Å²) in [5.41, 5.74) is 3.48. The first kappa shape index (κ1) is 24.1. The number of hydrogen-bond donors (Lipinski definition) is 1. The topological polar surface area (TPSA) is 66.5 Å². The first-order valence-electron chi connectivity index (χ1n) is 10.4. The number of nitrogens with one attached hydrogen (secondary N) is 1. The van der Waals surface area contributed by atoms with Crippen LogP contribution >= 0.6 is 23.2 Å². The average Bonchev–Trinajstić information content (AvgIpc) is 2.72. The van der Waals surface area contributed by atoms with E-state index in [2.05, 4.69) is 19.2 Å². The van der Waals surface area contributed by atoms with E-state index < -0.39 is 15.9 Å². The number of hydrogen-bond acceptors (Lipinski definition) is 3. The Morgan fingerprint density at radius 1 is 1.19 bits per heavy atom. The van der Waals surface area contributed by atoms with Gasteiger partial charge in [-0.05, 0) is 54.5 Å². The van der Waals surface area contributed by atoms with Crippen LogP contribution in [0.2, 0.25) is 10.0 Å². The minimum atomic E-state index is -3.58. The molecule has 8 heteroatoms. The molecule has 5 nitrogen and oxygen atoms in total. The van der Waals surface area contributed by atoms with Gasteiger partial charge in [0.15, 0.2) is 0 Å². The summed E-state index contributed by atoms with van der Waals surface area (Å²) in [6.45, 7) is 6.73. The van der Waals surface area contributed by atoms with E-state index in [1.165, 1.54) is 4.31 Å². The number of rotatable bonds is 6. The van der Waals surface area contributed by atoms with Crippen LogP contribution in [0.5, 0.6) is 0 Å². The van der Waals surface area contributed by atoms with Crippen molar-refractivity contribution >= 4 is 44.8 Å². The van der Waals surface area contributed by atoms with Crippen LogP contribution in [0.15, 0.2) is 36.4 Å². The number of carbonyl (C=O) groups excluding carboxylic acids is 1. The number of carbonyl (C=O) groups is 1. The lowest BCUT2D eigenvalue weighted by Gasteiger charge is -2.31. The van der Waals surface area contributed by atoms with Crippen molar-refractivity contribution in [1.29, 1.82) is 0 Å². The highest BCUT2D eigenvalue weighted by Crippen LogP contribution is 2.30. The van der Waals surface area contributed by atoms with Gasteiger partial charge in [-0.3, -0.25) is 4.79 Å². The third-order valence-electron chi connectivity index (χ3n) is 5.66. The van der Waals surface area contributed by atoms with E-state index in [0.29, 0.717) is 35.0 Å². The van der Waals surface area contributed by atoms with Gasteiger partial charge >= 0.3 is 0 Å². The van der Waals surface area contributed by atoms with Crippen LogP contribution < -0.4 is 5.32 Å². The number of amides is 1. The van der Waals surface area contributed by atoms with Crippen molar-refractivity contribution in [3.05, 3.63) is 63.1 Å². The molecular formula is C23H28Cl2N2O3S. The van der Waals surface area contributed by atoms with Crippen molar-refractivity contribution in [2.24, 2.45) is 5.92 Å². The van der Waals surface area contributed by atoms with Crippen molar-refractivity contribution in [1.82, 2.24) is 4.31 Å². The normalized spacial score (nSPS) is 17.7. The minimum Gasteiger partial charge on any atom is -0.325 e. The molecule has 0 saturated carbocycles. The smallest absolute Gasteiger partial charge is 0.228 e. The van der Waals surface area contributed by atoms with E-state index in [1.54, 1.807) is 18.2 Å². The summed E-state index contributed by atoms with van der Waals surface area (Å²) >= 11 is 12.0.